The van der Waals surface area contributed by atoms with E-state index < -0.39 is 11.1 Å². The van der Waals surface area contributed by atoms with Crippen LogP contribution in [0.2, 0.25) is 0 Å². The molecule has 1 heterocycles. The van der Waals surface area contributed by atoms with Crippen LogP contribution in [0.15, 0.2) is 17.0 Å². The molecule has 0 saturated carbocycles. The molecule has 16 heavy (non-hydrogen) atoms. The predicted octanol–water partition coefficient (Wildman–Crippen LogP) is 1.41. The molecule has 0 fully saturated rings. The summed E-state index contributed by atoms with van der Waals surface area (Å²) in [6.45, 7) is 2.49. The fourth-order valence-electron chi connectivity index (χ4n) is 1.99. The number of carbonyl (C=O) groups excluding carboxylic acids is 1. The lowest BCUT2D eigenvalue weighted by Gasteiger charge is -2.20. The molecule has 1 N–H and O–H groups in total. The van der Waals surface area contributed by atoms with E-state index in [0.29, 0.717) is 13.0 Å². The third-order valence-corrected chi connectivity index (χ3v) is 3.80. The summed E-state index contributed by atoms with van der Waals surface area (Å²) in [5.41, 5.74) is 2.91. The highest BCUT2D eigenvalue weighted by Crippen LogP contribution is 2.29. The number of benzene rings is 1. The van der Waals surface area contributed by atoms with Gasteiger partial charge in [0.05, 0.1) is 11.5 Å². The molecule has 0 aromatic heterocycles. The Kier molecular flexibility index (Phi) is 3.36. The summed E-state index contributed by atoms with van der Waals surface area (Å²) in [6, 6.07) is 3.54. The van der Waals surface area contributed by atoms with Crippen LogP contribution < -0.4 is 5.32 Å². The molecule has 0 bridgehead atoms. The fraction of sp³-hybridized carbons (Fsp3) is 0.364. The maximum absolute atomic E-state index is 11.6. The molecule has 0 saturated heterocycles. The topological polar surface area (TPSA) is 55.4 Å². The van der Waals surface area contributed by atoms with Gasteiger partial charge < -0.3 is 5.32 Å². The van der Waals surface area contributed by atoms with Gasteiger partial charge in [-0.25, -0.2) is 4.21 Å². The van der Waals surface area contributed by atoms with Gasteiger partial charge in [-0.15, -0.1) is 0 Å². The highest BCUT2D eigenvalue weighted by molar-refractivity contribution is 7.80. The molecule has 0 spiro atoms. The average molecular weight is 239 g/mol. The molecule has 0 aliphatic carbocycles. The van der Waals surface area contributed by atoms with Crippen molar-refractivity contribution in [3.8, 4) is 0 Å². The third-order valence-electron chi connectivity index (χ3n) is 2.68. The number of amides is 1. The second-order valence-electron chi connectivity index (χ2n) is 3.49. The molecular formula is C11H13NO3S. The lowest BCUT2D eigenvalue weighted by Crippen LogP contribution is -2.15. The Hall–Kier alpha value is -1.20. The Balaban J connectivity index is 2.54. The summed E-state index contributed by atoms with van der Waals surface area (Å²) in [5.74, 6) is 0. The van der Waals surface area contributed by atoms with Crippen molar-refractivity contribution in [1.29, 1.82) is 0 Å². The van der Waals surface area contributed by atoms with Crippen LogP contribution in [0.3, 0.4) is 0 Å². The van der Waals surface area contributed by atoms with Crippen molar-refractivity contribution in [2.75, 3.05) is 11.9 Å². The minimum Gasteiger partial charge on any atom is -0.328 e. The van der Waals surface area contributed by atoms with Crippen molar-refractivity contribution in [2.24, 2.45) is 0 Å². The molecule has 1 amide bonds. The standard InChI is InChI=1S/C11H13NO3S/c1-2-8-9-5-6-15-16(14)11(9)4-3-10(8)12-7-13/h3-4,7H,2,5-6H2,1H3,(H,12,13). The monoisotopic (exact) mass is 239 g/mol. The van der Waals surface area contributed by atoms with Gasteiger partial charge in [0.15, 0.2) is 11.1 Å². The van der Waals surface area contributed by atoms with Crippen molar-refractivity contribution in [2.45, 2.75) is 24.7 Å². The van der Waals surface area contributed by atoms with Crippen LogP contribution in [-0.2, 0) is 32.9 Å². The molecule has 1 aliphatic heterocycles. The van der Waals surface area contributed by atoms with Crippen molar-refractivity contribution in [1.82, 2.24) is 0 Å². The summed E-state index contributed by atoms with van der Waals surface area (Å²) in [5, 5.41) is 2.67. The maximum atomic E-state index is 11.6. The van der Waals surface area contributed by atoms with Gasteiger partial charge >= 0.3 is 0 Å². The number of carbonyl (C=O) groups is 1. The van der Waals surface area contributed by atoms with Crippen LogP contribution in [0.25, 0.3) is 0 Å². The van der Waals surface area contributed by atoms with Crippen molar-refractivity contribution in [3.63, 3.8) is 0 Å². The molecule has 0 radical (unpaired) electrons. The first-order valence-electron chi connectivity index (χ1n) is 5.18. The van der Waals surface area contributed by atoms with Gasteiger partial charge in [-0.2, -0.15) is 0 Å². The maximum Gasteiger partial charge on any atom is 0.211 e. The molecule has 2 rings (SSSR count). The number of nitrogens with one attached hydrogen (secondary N) is 1. The number of rotatable bonds is 3. The molecule has 86 valence electrons. The zero-order chi connectivity index (χ0) is 11.5. The first-order chi connectivity index (χ1) is 7.77. The van der Waals surface area contributed by atoms with Gasteiger partial charge in [-0.3, -0.25) is 8.98 Å². The lowest BCUT2D eigenvalue weighted by molar-refractivity contribution is -0.105. The fourth-order valence-corrected chi connectivity index (χ4v) is 2.95. The summed E-state index contributed by atoms with van der Waals surface area (Å²) in [7, 11) is 0. The van der Waals surface area contributed by atoms with E-state index in [1.54, 1.807) is 12.1 Å². The molecule has 1 unspecified atom stereocenters. The van der Waals surface area contributed by atoms with Crippen LogP contribution >= 0.6 is 0 Å². The van der Waals surface area contributed by atoms with E-state index in [2.05, 4.69) is 5.32 Å². The number of fused-ring (bicyclic) bond motifs is 1. The van der Waals surface area contributed by atoms with Crippen molar-refractivity contribution >= 4 is 23.2 Å². The molecule has 1 atom stereocenters. The zero-order valence-corrected chi connectivity index (χ0v) is 9.80. The molecule has 1 aromatic rings. The van der Waals surface area contributed by atoms with Gasteiger partial charge in [-0.05, 0) is 36.1 Å². The Morgan fingerprint density at radius 3 is 3.06 bits per heavy atom. The van der Waals surface area contributed by atoms with Crippen LogP contribution in [0.1, 0.15) is 18.1 Å². The molecule has 1 aliphatic rings. The van der Waals surface area contributed by atoms with E-state index >= 15 is 0 Å². The van der Waals surface area contributed by atoms with Gasteiger partial charge in [0.1, 0.15) is 0 Å². The summed E-state index contributed by atoms with van der Waals surface area (Å²) >= 11 is -1.36. The van der Waals surface area contributed by atoms with Gasteiger partial charge in [0, 0.05) is 5.69 Å². The Bertz CT molecular complexity index is 445. The van der Waals surface area contributed by atoms with Crippen LogP contribution in [-0.4, -0.2) is 17.2 Å². The van der Waals surface area contributed by atoms with E-state index in [9.17, 15) is 9.00 Å². The van der Waals surface area contributed by atoms with E-state index in [1.807, 2.05) is 6.92 Å². The minimum atomic E-state index is -1.36. The Labute approximate surface area is 96.7 Å². The smallest absolute Gasteiger partial charge is 0.211 e. The molecule has 5 heteroatoms. The highest BCUT2D eigenvalue weighted by Gasteiger charge is 2.20. The second-order valence-corrected chi connectivity index (χ2v) is 4.64. The van der Waals surface area contributed by atoms with E-state index in [0.717, 1.165) is 34.6 Å². The first-order valence-corrected chi connectivity index (χ1v) is 6.25. The Morgan fingerprint density at radius 2 is 2.38 bits per heavy atom. The van der Waals surface area contributed by atoms with E-state index in [4.69, 9.17) is 4.18 Å². The van der Waals surface area contributed by atoms with Crippen molar-refractivity contribution in [3.05, 3.63) is 23.3 Å². The quantitative estimate of drug-likeness (QED) is 0.811. The van der Waals surface area contributed by atoms with E-state index in [-0.39, 0.29) is 0 Å². The summed E-state index contributed by atoms with van der Waals surface area (Å²) in [6.07, 6.45) is 2.21. The second kappa shape index (κ2) is 4.76. The highest BCUT2D eigenvalue weighted by atomic mass is 32.2. The molecular weight excluding hydrogens is 226 g/mol. The van der Waals surface area contributed by atoms with Gasteiger partial charge in [-0.1, -0.05) is 6.92 Å². The SMILES string of the molecule is CCc1c(NC=O)ccc2c1CCOS2=O. The Morgan fingerprint density at radius 1 is 1.56 bits per heavy atom. The summed E-state index contributed by atoms with van der Waals surface area (Å²) in [4.78, 5) is 11.2. The third kappa shape index (κ3) is 1.88. The normalized spacial score (nSPS) is 18.9. The minimum absolute atomic E-state index is 0.469. The van der Waals surface area contributed by atoms with Gasteiger partial charge in [0.25, 0.3) is 0 Å². The van der Waals surface area contributed by atoms with E-state index in [1.165, 1.54) is 0 Å². The average Bonchev–Trinajstić information content (AvgIpc) is 2.29. The number of hydrogen-bond acceptors (Lipinski definition) is 3. The molecule has 4 nitrogen and oxygen atoms in total. The lowest BCUT2D eigenvalue weighted by atomic mass is 10.0. The summed E-state index contributed by atoms with van der Waals surface area (Å²) < 4.78 is 16.7. The molecule has 1 aromatic carbocycles. The van der Waals surface area contributed by atoms with Gasteiger partial charge in [0.2, 0.25) is 6.41 Å². The largest absolute Gasteiger partial charge is 0.328 e. The zero-order valence-electron chi connectivity index (χ0n) is 8.99. The van der Waals surface area contributed by atoms with Crippen LogP contribution in [0, 0.1) is 0 Å². The number of hydrogen-bond donors (Lipinski definition) is 1. The predicted molar refractivity (Wildman–Crippen MR) is 61.6 cm³/mol. The van der Waals surface area contributed by atoms with Crippen molar-refractivity contribution < 1.29 is 13.2 Å². The number of anilines is 1. The first kappa shape index (κ1) is 11.3. The van der Waals surface area contributed by atoms with Crippen LogP contribution in [0.5, 0.6) is 0 Å². The van der Waals surface area contributed by atoms with Crippen LogP contribution in [0.4, 0.5) is 5.69 Å².